The summed E-state index contributed by atoms with van der Waals surface area (Å²) in [6, 6.07) is 13.6. The summed E-state index contributed by atoms with van der Waals surface area (Å²) in [5, 5.41) is 2.74. The largest absolute Gasteiger partial charge is 0.329 e. The highest BCUT2D eigenvalue weighted by Crippen LogP contribution is 2.22. The van der Waals surface area contributed by atoms with E-state index in [1.54, 1.807) is 0 Å². The SMILES string of the molecule is NCC(C(=O)Nc1ccc(F)c(Br)c1)c1ccccc1. The summed E-state index contributed by atoms with van der Waals surface area (Å²) in [6.45, 7) is 0.207. The van der Waals surface area contributed by atoms with Crippen LogP contribution in [0.25, 0.3) is 0 Å². The van der Waals surface area contributed by atoms with Gasteiger partial charge in [-0.25, -0.2) is 4.39 Å². The number of carbonyl (C=O) groups is 1. The fourth-order valence-electron chi connectivity index (χ4n) is 1.88. The molecule has 0 fully saturated rings. The van der Waals surface area contributed by atoms with E-state index in [-0.39, 0.29) is 18.3 Å². The molecule has 0 radical (unpaired) electrons. The van der Waals surface area contributed by atoms with E-state index < -0.39 is 5.92 Å². The maximum Gasteiger partial charge on any atom is 0.233 e. The average molecular weight is 337 g/mol. The number of amides is 1. The lowest BCUT2D eigenvalue weighted by atomic mass is 9.98. The third kappa shape index (κ3) is 3.43. The van der Waals surface area contributed by atoms with Crippen LogP contribution in [0.1, 0.15) is 11.5 Å². The molecule has 0 saturated carbocycles. The van der Waals surface area contributed by atoms with Gasteiger partial charge >= 0.3 is 0 Å². The molecule has 20 heavy (non-hydrogen) atoms. The minimum Gasteiger partial charge on any atom is -0.329 e. The number of nitrogens with two attached hydrogens (primary N) is 1. The molecular formula is C15H14BrFN2O. The van der Waals surface area contributed by atoms with Crippen LogP contribution < -0.4 is 11.1 Å². The van der Waals surface area contributed by atoms with Gasteiger partial charge in [-0.05, 0) is 39.7 Å². The molecule has 5 heteroatoms. The molecule has 0 saturated heterocycles. The Morgan fingerprint density at radius 1 is 1.25 bits per heavy atom. The van der Waals surface area contributed by atoms with Crippen LogP contribution in [-0.4, -0.2) is 12.5 Å². The molecule has 2 rings (SSSR count). The number of nitrogens with one attached hydrogen (secondary N) is 1. The molecule has 0 heterocycles. The van der Waals surface area contributed by atoms with Gasteiger partial charge in [0.1, 0.15) is 5.82 Å². The van der Waals surface area contributed by atoms with Gasteiger partial charge in [-0.1, -0.05) is 30.3 Å². The lowest BCUT2D eigenvalue weighted by molar-refractivity contribution is -0.117. The summed E-state index contributed by atoms with van der Waals surface area (Å²) < 4.78 is 13.5. The van der Waals surface area contributed by atoms with Crippen molar-refractivity contribution < 1.29 is 9.18 Å². The van der Waals surface area contributed by atoms with E-state index in [0.717, 1.165) is 5.56 Å². The highest BCUT2D eigenvalue weighted by atomic mass is 79.9. The Bertz CT molecular complexity index is 604. The second-order valence-electron chi connectivity index (χ2n) is 4.32. The molecule has 2 aromatic carbocycles. The van der Waals surface area contributed by atoms with Crippen molar-refractivity contribution in [2.45, 2.75) is 5.92 Å². The monoisotopic (exact) mass is 336 g/mol. The van der Waals surface area contributed by atoms with Crippen LogP contribution in [0.3, 0.4) is 0 Å². The van der Waals surface area contributed by atoms with Gasteiger partial charge in [0.25, 0.3) is 0 Å². The van der Waals surface area contributed by atoms with Crippen molar-refractivity contribution in [1.82, 2.24) is 0 Å². The minimum absolute atomic E-state index is 0.207. The zero-order valence-electron chi connectivity index (χ0n) is 10.6. The third-order valence-electron chi connectivity index (χ3n) is 2.94. The molecule has 1 amide bonds. The standard InChI is InChI=1S/C15H14BrFN2O/c16-13-8-11(6-7-14(13)17)19-15(20)12(9-18)10-4-2-1-3-5-10/h1-8,12H,9,18H2,(H,19,20). The van der Waals surface area contributed by atoms with Gasteiger partial charge in [0.05, 0.1) is 10.4 Å². The predicted molar refractivity (Wildman–Crippen MR) is 81.0 cm³/mol. The van der Waals surface area contributed by atoms with Gasteiger partial charge in [0.2, 0.25) is 5.91 Å². The lowest BCUT2D eigenvalue weighted by Gasteiger charge is -2.15. The number of rotatable bonds is 4. The van der Waals surface area contributed by atoms with Gasteiger partial charge in [-0.3, -0.25) is 4.79 Å². The predicted octanol–water partition coefficient (Wildman–Crippen LogP) is 3.27. The number of halogens is 2. The molecule has 0 aliphatic rings. The first-order valence-corrected chi connectivity index (χ1v) is 6.92. The van der Waals surface area contributed by atoms with Gasteiger partial charge in [-0.15, -0.1) is 0 Å². The van der Waals surface area contributed by atoms with E-state index in [2.05, 4.69) is 21.2 Å². The zero-order chi connectivity index (χ0) is 14.5. The first kappa shape index (κ1) is 14.7. The Morgan fingerprint density at radius 2 is 1.95 bits per heavy atom. The zero-order valence-corrected chi connectivity index (χ0v) is 12.2. The average Bonchev–Trinajstić information content (AvgIpc) is 2.45. The van der Waals surface area contributed by atoms with Crippen LogP contribution in [0, 0.1) is 5.82 Å². The van der Waals surface area contributed by atoms with E-state index in [1.807, 2.05) is 30.3 Å². The van der Waals surface area contributed by atoms with Crippen molar-refractivity contribution in [2.75, 3.05) is 11.9 Å². The summed E-state index contributed by atoms with van der Waals surface area (Å²) in [5.41, 5.74) is 7.06. The van der Waals surface area contributed by atoms with Crippen molar-refractivity contribution in [1.29, 1.82) is 0 Å². The number of hydrogen-bond donors (Lipinski definition) is 2. The third-order valence-corrected chi connectivity index (χ3v) is 3.55. The van der Waals surface area contributed by atoms with Crippen molar-refractivity contribution in [3.63, 3.8) is 0 Å². The smallest absolute Gasteiger partial charge is 0.233 e. The second kappa shape index (κ2) is 6.63. The molecule has 0 bridgehead atoms. The van der Waals surface area contributed by atoms with E-state index in [9.17, 15) is 9.18 Å². The molecule has 1 unspecified atom stereocenters. The molecule has 0 aliphatic carbocycles. The molecule has 0 aromatic heterocycles. The highest BCUT2D eigenvalue weighted by Gasteiger charge is 2.19. The van der Waals surface area contributed by atoms with E-state index >= 15 is 0 Å². The second-order valence-corrected chi connectivity index (χ2v) is 5.17. The van der Waals surface area contributed by atoms with Crippen LogP contribution in [0.5, 0.6) is 0 Å². The number of hydrogen-bond acceptors (Lipinski definition) is 2. The van der Waals surface area contributed by atoms with Crippen LogP contribution >= 0.6 is 15.9 Å². The first-order chi connectivity index (χ1) is 9.61. The summed E-state index contributed by atoms with van der Waals surface area (Å²) in [6.07, 6.45) is 0. The maximum atomic E-state index is 13.1. The van der Waals surface area contributed by atoms with E-state index in [4.69, 9.17) is 5.73 Å². The van der Waals surface area contributed by atoms with Crippen LogP contribution in [-0.2, 0) is 4.79 Å². The normalized spacial score (nSPS) is 11.9. The number of anilines is 1. The molecule has 3 N–H and O–H groups in total. The first-order valence-electron chi connectivity index (χ1n) is 6.12. The summed E-state index contributed by atoms with van der Waals surface area (Å²) in [7, 11) is 0. The van der Waals surface area contributed by atoms with Crippen molar-refractivity contribution >= 4 is 27.5 Å². The maximum absolute atomic E-state index is 13.1. The van der Waals surface area contributed by atoms with Gasteiger partial charge < -0.3 is 11.1 Å². The molecule has 3 nitrogen and oxygen atoms in total. The Hall–Kier alpha value is -1.72. The van der Waals surface area contributed by atoms with Crippen molar-refractivity contribution in [3.05, 3.63) is 64.4 Å². The van der Waals surface area contributed by atoms with Gasteiger partial charge in [0.15, 0.2) is 0 Å². The molecule has 0 aliphatic heterocycles. The van der Waals surface area contributed by atoms with Crippen molar-refractivity contribution in [3.8, 4) is 0 Å². The van der Waals surface area contributed by atoms with E-state index in [1.165, 1.54) is 18.2 Å². The quantitative estimate of drug-likeness (QED) is 0.900. The highest BCUT2D eigenvalue weighted by molar-refractivity contribution is 9.10. The number of benzene rings is 2. The Balaban J connectivity index is 2.15. The topological polar surface area (TPSA) is 55.1 Å². The Labute approximate surface area is 125 Å². The molecule has 1 atom stereocenters. The minimum atomic E-state index is -0.431. The van der Waals surface area contributed by atoms with Crippen LogP contribution in [0.15, 0.2) is 53.0 Å². The van der Waals surface area contributed by atoms with Crippen LogP contribution in [0.4, 0.5) is 10.1 Å². The van der Waals surface area contributed by atoms with Crippen LogP contribution in [0.2, 0.25) is 0 Å². The summed E-state index contributed by atoms with van der Waals surface area (Å²) in [5.74, 6) is -1.02. The molecule has 104 valence electrons. The van der Waals surface area contributed by atoms with Gasteiger partial charge in [0, 0.05) is 12.2 Å². The molecular weight excluding hydrogens is 323 g/mol. The van der Waals surface area contributed by atoms with E-state index in [0.29, 0.717) is 10.2 Å². The van der Waals surface area contributed by atoms with Gasteiger partial charge in [-0.2, -0.15) is 0 Å². The molecule has 2 aromatic rings. The van der Waals surface area contributed by atoms with Crippen molar-refractivity contribution in [2.24, 2.45) is 5.73 Å². The molecule has 0 spiro atoms. The Kier molecular flexibility index (Phi) is 4.87. The Morgan fingerprint density at radius 3 is 2.55 bits per heavy atom. The summed E-state index contributed by atoms with van der Waals surface area (Å²) >= 11 is 3.08. The summed E-state index contributed by atoms with van der Waals surface area (Å²) in [4.78, 5) is 12.2. The number of carbonyl (C=O) groups excluding carboxylic acids is 1. The lowest BCUT2D eigenvalue weighted by Crippen LogP contribution is -2.27. The fraction of sp³-hybridized carbons (Fsp3) is 0.133. The fourth-order valence-corrected chi connectivity index (χ4v) is 2.26.